The van der Waals surface area contributed by atoms with Gasteiger partial charge >= 0.3 is 0 Å². The first-order valence-corrected chi connectivity index (χ1v) is 17.1. The van der Waals surface area contributed by atoms with Gasteiger partial charge in [0, 0.05) is 58.2 Å². The number of nitrogens with zero attached hydrogens (tertiary/aromatic N) is 1. The maximum atomic E-state index is 14.8. The minimum Gasteiger partial charge on any atom is -0.497 e. The fourth-order valence-electron chi connectivity index (χ4n) is 8.31. The number of rotatable bonds is 8. The van der Waals surface area contributed by atoms with Gasteiger partial charge in [-0.05, 0) is 100 Å². The molecular weight excluding hydrogens is 650 g/mol. The number of hydrogen-bond acceptors (Lipinski definition) is 4. The summed E-state index contributed by atoms with van der Waals surface area (Å²) in [6.07, 6.45) is 2.68. The Hall–Kier alpha value is -4.39. The lowest BCUT2D eigenvalue weighted by molar-refractivity contribution is 0.0945. The van der Waals surface area contributed by atoms with Crippen molar-refractivity contribution in [2.24, 2.45) is 5.92 Å². The highest BCUT2D eigenvalue weighted by molar-refractivity contribution is 9.10. The number of ether oxygens (including phenoxy) is 2. The number of methoxy groups -OCH3 is 2. The minimum absolute atomic E-state index is 0.00558. The standard InChI is InChI=1S/C41H36BrNO4/c1-46-29-13-8-24(9-14-29)37(25-10-15-30(47-2)16-11-25)27-21-33-39-32-23-28(42)12-17-35(32)43(18-5-19-44)41(39)34-20-26-6-3-4-7-31(26)38(34)40(33)36(45)22-27/h3-4,6-17,23,27,37,44H,5,18-22H2,1-2H3. The van der Waals surface area contributed by atoms with E-state index in [0.29, 0.717) is 19.4 Å². The van der Waals surface area contributed by atoms with E-state index in [4.69, 9.17) is 9.47 Å². The summed E-state index contributed by atoms with van der Waals surface area (Å²) in [7, 11) is 3.37. The Kier molecular flexibility index (Phi) is 7.66. The van der Waals surface area contributed by atoms with Crippen molar-refractivity contribution in [3.8, 4) is 22.6 Å². The van der Waals surface area contributed by atoms with Crippen molar-refractivity contribution in [1.82, 2.24) is 4.57 Å². The largest absolute Gasteiger partial charge is 0.497 e. The molecule has 0 amide bonds. The summed E-state index contributed by atoms with van der Waals surface area (Å²) >= 11 is 3.76. The molecule has 0 saturated heterocycles. The number of carbonyl (C=O) groups is 1. The Morgan fingerprint density at radius 2 is 1.53 bits per heavy atom. The van der Waals surface area contributed by atoms with Gasteiger partial charge in [0.2, 0.25) is 0 Å². The molecule has 0 bridgehead atoms. The van der Waals surface area contributed by atoms with Crippen LogP contribution < -0.4 is 9.47 Å². The molecule has 2 aliphatic rings. The van der Waals surface area contributed by atoms with Crippen molar-refractivity contribution in [2.45, 2.75) is 38.1 Å². The zero-order valence-corrected chi connectivity index (χ0v) is 28.1. The van der Waals surface area contributed by atoms with Crippen molar-refractivity contribution < 1.29 is 19.4 Å². The van der Waals surface area contributed by atoms with Crippen LogP contribution in [0, 0.1) is 5.92 Å². The van der Waals surface area contributed by atoms with E-state index in [9.17, 15) is 9.90 Å². The summed E-state index contributed by atoms with van der Waals surface area (Å²) in [4.78, 5) is 14.8. The zero-order chi connectivity index (χ0) is 32.2. The highest BCUT2D eigenvalue weighted by atomic mass is 79.9. The van der Waals surface area contributed by atoms with Crippen molar-refractivity contribution in [2.75, 3.05) is 20.8 Å². The quantitative estimate of drug-likeness (QED) is 0.173. The third-order valence-electron chi connectivity index (χ3n) is 10.3. The first-order chi connectivity index (χ1) is 23.0. The molecule has 1 N–H and O–H groups in total. The van der Waals surface area contributed by atoms with Gasteiger partial charge in [0.15, 0.2) is 5.78 Å². The van der Waals surface area contributed by atoms with Crippen LogP contribution in [0.3, 0.4) is 0 Å². The van der Waals surface area contributed by atoms with Gasteiger partial charge in [-0.15, -0.1) is 0 Å². The number of aromatic nitrogens is 1. The van der Waals surface area contributed by atoms with Crippen LogP contribution in [0.5, 0.6) is 11.5 Å². The van der Waals surface area contributed by atoms with Crippen molar-refractivity contribution in [3.63, 3.8) is 0 Å². The van der Waals surface area contributed by atoms with Crippen molar-refractivity contribution in [1.29, 1.82) is 0 Å². The highest BCUT2D eigenvalue weighted by Crippen LogP contribution is 2.52. The molecule has 0 fully saturated rings. The number of Topliss-reactive ketones (excluding diaryl/α,β-unsaturated/α-hetero) is 1. The van der Waals surface area contributed by atoms with E-state index in [1.807, 2.05) is 24.3 Å². The third kappa shape index (κ3) is 4.88. The van der Waals surface area contributed by atoms with Crippen LogP contribution in [0.1, 0.15) is 56.9 Å². The number of aryl methyl sites for hydroxylation is 1. The van der Waals surface area contributed by atoms with Gasteiger partial charge < -0.3 is 19.1 Å². The molecule has 6 aromatic rings. The lowest BCUT2D eigenvalue weighted by atomic mass is 9.69. The first kappa shape index (κ1) is 30.0. The predicted octanol–water partition coefficient (Wildman–Crippen LogP) is 9.10. The topological polar surface area (TPSA) is 60.7 Å². The average molecular weight is 687 g/mol. The average Bonchev–Trinajstić information content (AvgIpc) is 3.64. The van der Waals surface area contributed by atoms with Gasteiger partial charge in [0.25, 0.3) is 0 Å². The number of aliphatic hydroxyl groups is 1. The number of aliphatic hydroxyl groups excluding tert-OH is 1. The summed E-state index contributed by atoms with van der Waals surface area (Å²) < 4.78 is 14.4. The molecule has 47 heavy (non-hydrogen) atoms. The molecule has 0 spiro atoms. The van der Waals surface area contributed by atoms with Gasteiger partial charge in [-0.25, -0.2) is 0 Å². The lowest BCUT2D eigenvalue weighted by Gasteiger charge is -2.33. The van der Waals surface area contributed by atoms with E-state index >= 15 is 0 Å². The van der Waals surface area contributed by atoms with Crippen LogP contribution in [0.25, 0.3) is 32.9 Å². The molecule has 1 aromatic heterocycles. The van der Waals surface area contributed by atoms with E-state index in [0.717, 1.165) is 67.5 Å². The molecule has 8 rings (SSSR count). The van der Waals surface area contributed by atoms with E-state index in [1.54, 1.807) is 14.2 Å². The molecular formula is C41H36BrNO4. The molecule has 5 nitrogen and oxygen atoms in total. The summed E-state index contributed by atoms with van der Waals surface area (Å²) in [6, 6.07) is 31.6. The van der Waals surface area contributed by atoms with Gasteiger partial charge in [-0.2, -0.15) is 0 Å². The maximum Gasteiger partial charge on any atom is 0.164 e. The molecule has 6 heteroatoms. The summed E-state index contributed by atoms with van der Waals surface area (Å²) in [6.45, 7) is 0.828. The molecule has 236 valence electrons. The zero-order valence-electron chi connectivity index (χ0n) is 26.6. The number of carbonyl (C=O) groups excluding carboxylic acids is 1. The normalized spacial score (nSPS) is 15.3. The fourth-order valence-corrected chi connectivity index (χ4v) is 8.67. The van der Waals surface area contributed by atoms with Crippen LogP contribution in [0.2, 0.25) is 0 Å². The molecule has 5 aromatic carbocycles. The van der Waals surface area contributed by atoms with E-state index in [2.05, 4.69) is 87.2 Å². The Balaban J connectivity index is 1.40. The van der Waals surface area contributed by atoms with Crippen LogP contribution >= 0.6 is 15.9 Å². The Morgan fingerprint density at radius 1 is 0.851 bits per heavy atom. The van der Waals surface area contributed by atoms with Crippen LogP contribution in [0.15, 0.2) is 95.5 Å². The number of hydrogen-bond donors (Lipinski definition) is 1. The lowest BCUT2D eigenvalue weighted by Crippen LogP contribution is -2.27. The summed E-state index contributed by atoms with van der Waals surface area (Å²) in [5.74, 6) is 1.87. The van der Waals surface area contributed by atoms with E-state index in [-0.39, 0.29) is 24.2 Å². The third-order valence-corrected chi connectivity index (χ3v) is 10.8. The predicted molar refractivity (Wildman–Crippen MR) is 191 cm³/mol. The van der Waals surface area contributed by atoms with Gasteiger partial charge in [-0.1, -0.05) is 64.5 Å². The van der Waals surface area contributed by atoms with Crippen LogP contribution in [-0.4, -0.2) is 36.3 Å². The van der Waals surface area contributed by atoms with Gasteiger partial charge in [-0.3, -0.25) is 4.79 Å². The first-order valence-electron chi connectivity index (χ1n) is 16.3. The maximum absolute atomic E-state index is 14.8. The second kappa shape index (κ2) is 12.0. The summed E-state index contributed by atoms with van der Waals surface area (Å²) in [5, 5.41) is 12.2. The molecule has 1 atom stereocenters. The van der Waals surface area contributed by atoms with Crippen molar-refractivity contribution in [3.05, 3.63) is 129 Å². The highest BCUT2D eigenvalue weighted by Gasteiger charge is 2.39. The smallest absolute Gasteiger partial charge is 0.164 e. The number of fused-ring (bicyclic) bond motifs is 10. The molecule has 0 aliphatic heterocycles. The Labute approximate surface area is 282 Å². The summed E-state index contributed by atoms with van der Waals surface area (Å²) in [5.41, 5.74) is 11.5. The number of ketones is 1. The second-order valence-electron chi connectivity index (χ2n) is 12.8. The van der Waals surface area contributed by atoms with Crippen LogP contribution in [-0.2, 0) is 19.4 Å². The van der Waals surface area contributed by atoms with E-state index < -0.39 is 0 Å². The van der Waals surface area contributed by atoms with Crippen molar-refractivity contribution >= 4 is 43.5 Å². The van der Waals surface area contributed by atoms with Gasteiger partial charge in [0.05, 0.1) is 19.7 Å². The van der Waals surface area contributed by atoms with Gasteiger partial charge in [0.1, 0.15) is 11.5 Å². The fraction of sp³-hybridized carbons (Fsp3) is 0.244. The molecule has 0 radical (unpaired) electrons. The number of halogens is 1. The molecule has 2 aliphatic carbocycles. The monoisotopic (exact) mass is 685 g/mol. The van der Waals surface area contributed by atoms with Crippen LogP contribution in [0.4, 0.5) is 0 Å². The Morgan fingerprint density at radius 3 is 2.19 bits per heavy atom. The second-order valence-corrected chi connectivity index (χ2v) is 13.7. The number of benzene rings is 5. The van der Waals surface area contributed by atoms with E-state index in [1.165, 1.54) is 27.6 Å². The SMILES string of the molecule is COc1ccc(C(c2ccc(OC)cc2)C2CC(=O)c3c4c(c5c(c3C2)c2cc(Br)ccc2n5CCCO)Cc2ccccc2-4)cc1. The minimum atomic E-state index is -0.00558. The molecule has 0 saturated carbocycles. The Bertz CT molecular complexity index is 2120. The molecule has 1 heterocycles. The molecule has 1 unspecified atom stereocenters.